The number of nitrogens with one attached hydrogen (secondary N) is 1. The summed E-state index contributed by atoms with van der Waals surface area (Å²) in [5.41, 5.74) is 6.88. The number of ether oxygens (including phenoxy) is 1. The van der Waals surface area contributed by atoms with E-state index >= 15 is 0 Å². The Morgan fingerprint density at radius 2 is 1.87 bits per heavy atom. The first-order valence-electron chi connectivity index (χ1n) is 15.9. The number of carbonyl (C=O) groups excluding carboxylic acids is 1. The minimum atomic E-state index is -4.05. The highest BCUT2D eigenvalue weighted by atomic mass is 32.2. The number of carbonyl (C=O) groups is 1. The van der Waals surface area contributed by atoms with Crippen LogP contribution in [0.2, 0.25) is 25.7 Å². The summed E-state index contributed by atoms with van der Waals surface area (Å²) < 4.78 is 38.4. The predicted molar refractivity (Wildman–Crippen MR) is 181 cm³/mol. The van der Waals surface area contributed by atoms with E-state index in [1.807, 2.05) is 37.6 Å². The van der Waals surface area contributed by atoms with Crippen LogP contribution in [-0.4, -0.2) is 68.1 Å². The summed E-state index contributed by atoms with van der Waals surface area (Å²) in [6.45, 7) is 13.2. The van der Waals surface area contributed by atoms with Gasteiger partial charge in [-0.3, -0.25) is 8.98 Å². The van der Waals surface area contributed by atoms with Gasteiger partial charge in [-0.1, -0.05) is 37.3 Å². The van der Waals surface area contributed by atoms with Crippen LogP contribution in [0.3, 0.4) is 0 Å². The smallest absolute Gasteiger partial charge is 0.297 e. The lowest BCUT2D eigenvalue weighted by Gasteiger charge is -2.23. The molecule has 246 valence electrons. The number of aliphatic hydroxyl groups is 1. The lowest BCUT2D eigenvalue weighted by atomic mass is 9.85. The standard InChI is InChI=1S/C34H44N4O6SSi/c1-22-10-12-25(13-11-22)45(41,42)44-20-24(39)19-38-30-16-27-26-9-7-8-23-18-37(21-43-14-15-46(4,5)6)36-31(23)32(26)35-29(27)17-28(30)34(2,3)33(38)40/h10-13,16-18,24,35,39H,7-9,14-15,19-21H2,1-6H3. The Hall–Kier alpha value is -3.29. The summed E-state index contributed by atoms with van der Waals surface area (Å²) in [6, 6.07) is 11.5. The number of aryl methyl sites for hydroxylation is 3. The van der Waals surface area contributed by atoms with Gasteiger partial charge in [0.15, 0.2) is 0 Å². The number of nitrogens with zero attached hydrogens (tertiary/aromatic N) is 3. The van der Waals surface area contributed by atoms with Gasteiger partial charge in [-0.25, -0.2) is 4.68 Å². The molecule has 46 heavy (non-hydrogen) atoms. The van der Waals surface area contributed by atoms with Crippen molar-refractivity contribution in [1.82, 2.24) is 14.8 Å². The predicted octanol–water partition coefficient (Wildman–Crippen LogP) is 5.53. The average molecular weight is 665 g/mol. The number of H-pyrrole nitrogens is 1. The SMILES string of the molecule is Cc1ccc(S(=O)(=O)OCC(O)CN2C(=O)C(C)(C)c3cc4[nH]c5c(c4cc32)CCCc2cn(COCC[Si](C)(C)C)nc2-5)cc1. The molecule has 2 N–H and O–H groups in total. The molecule has 12 heteroatoms. The molecule has 10 nitrogen and oxygen atoms in total. The van der Waals surface area contributed by atoms with Crippen molar-refractivity contribution in [2.75, 3.05) is 24.7 Å². The summed E-state index contributed by atoms with van der Waals surface area (Å²) in [4.78, 5) is 18.9. The van der Waals surface area contributed by atoms with E-state index in [1.54, 1.807) is 17.0 Å². The van der Waals surface area contributed by atoms with Crippen LogP contribution in [0.1, 0.15) is 42.5 Å². The minimum Gasteiger partial charge on any atom is -0.389 e. The van der Waals surface area contributed by atoms with Gasteiger partial charge in [0.1, 0.15) is 12.4 Å². The number of aromatic amines is 1. The average Bonchev–Trinajstić information content (AvgIpc) is 3.57. The van der Waals surface area contributed by atoms with Gasteiger partial charge >= 0.3 is 0 Å². The zero-order chi connectivity index (χ0) is 33.0. The van der Waals surface area contributed by atoms with Gasteiger partial charge in [-0.2, -0.15) is 13.5 Å². The molecular formula is C34H44N4O6SSi. The summed E-state index contributed by atoms with van der Waals surface area (Å²) in [5, 5.41) is 16.9. The molecule has 1 aliphatic heterocycles. The quantitative estimate of drug-likeness (QED) is 0.123. The highest BCUT2D eigenvalue weighted by molar-refractivity contribution is 7.86. The van der Waals surface area contributed by atoms with Crippen LogP contribution in [0.15, 0.2) is 47.5 Å². The van der Waals surface area contributed by atoms with E-state index in [1.165, 1.54) is 17.7 Å². The summed E-state index contributed by atoms with van der Waals surface area (Å²) >= 11 is 0. The van der Waals surface area contributed by atoms with Crippen molar-refractivity contribution in [3.05, 3.63) is 64.8 Å². The zero-order valence-corrected chi connectivity index (χ0v) is 29.3. The second kappa shape index (κ2) is 12.1. The van der Waals surface area contributed by atoms with Gasteiger partial charge in [-0.15, -0.1) is 0 Å². The van der Waals surface area contributed by atoms with E-state index in [0.29, 0.717) is 6.73 Å². The molecule has 6 rings (SSSR count). The van der Waals surface area contributed by atoms with Crippen LogP contribution in [0.25, 0.3) is 22.3 Å². The van der Waals surface area contributed by atoms with Crippen LogP contribution in [0.4, 0.5) is 5.69 Å². The van der Waals surface area contributed by atoms with Crippen molar-refractivity contribution < 1.29 is 27.2 Å². The maximum atomic E-state index is 13.7. The molecule has 0 saturated carbocycles. The highest BCUT2D eigenvalue weighted by Gasteiger charge is 2.45. The molecule has 1 amide bonds. The van der Waals surface area contributed by atoms with Crippen molar-refractivity contribution in [2.45, 2.75) is 88.9 Å². The van der Waals surface area contributed by atoms with Gasteiger partial charge in [0.05, 0.1) is 35.3 Å². The lowest BCUT2D eigenvalue weighted by Crippen LogP contribution is -2.42. The number of amides is 1. The Balaban J connectivity index is 1.25. The van der Waals surface area contributed by atoms with Gasteiger partial charge in [0, 0.05) is 37.5 Å². The number of benzene rings is 2. The molecule has 0 saturated heterocycles. The van der Waals surface area contributed by atoms with Gasteiger partial charge in [-0.05, 0) is 87.0 Å². The molecule has 1 atom stereocenters. The normalized spacial score (nSPS) is 16.8. The monoisotopic (exact) mass is 664 g/mol. The number of rotatable bonds is 11. The second-order valence-corrected chi connectivity index (χ2v) is 21.6. The summed E-state index contributed by atoms with van der Waals surface area (Å²) in [7, 11) is -5.22. The fourth-order valence-corrected chi connectivity index (χ4v) is 8.03. The number of hydrogen-bond donors (Lipinski definition) is 2. The van der Waals surface area contributed by atoms with E-state index in [2.05, 4.69) is 30.8 Å². The molecule has 1 unspecified atom stereocenters. The van der Waals surface area contributed by atoms with Crippen LogP contribution >= 0.6 is 0 Å². The third-order valence-electron chi connectivity index (χ3n) is 9.05. The molecule has 3 heterocycles. The van der Waals surface area contributed by atoms with Gasteiger partial charge < -0.3 is 19.7 Å². The van der Waals surface area contributed by atoms with Crippen LogP contribution in [0.5, 0.6) is 0 Å². The molecule has 0 spiro atoms. The molecular weight excluding hydrogens is 621 g/mol. The summed E-state index contributed by atoms with van der Waals surface area (Å²) in [5.74, 6) is -0.156. The number of aliphatic hydroxyl groups excluding tert-OH is 1. The zero-order valence-electron chi connectivity index (χ0n) is 27.5. The lowest BCUT2D eigenvalue weighted by molar-refractivity contribution is -0.122. The number of aromatic nitrogens is 3. The first-order chi connectivity index (χ1) is 21.6. The maximum absolute atomic E-state index is 13.7. The first-order valence-corrected chi connectivity index (χ1v) is 21.1. The Morgan fingerprint density at radius 1 is 1.13 bits per heavy atom. The Kier molecular flexibility index (Phi) is 8.56. The van der Waals surface area contributed by atoms with Crippen molar-refractivity contribution in [3.63, 3.8) is 0 Å². The fraction of sp³-hybridized carbons (Fsp3) is 0.471. The van der Waals surface area contributed by atoms with Crippen molar-refractivity contribution in [2.24, 2.45) is 0 Å². The Morgan fingerprint density at radius 3 is 2.59 bits per heavy atom. The number of hydrogen-bond acceptors (Lipinski definition) is 7. The van der Waals surface area contributed by atoms with Crippen molar-refractivity contribution >= 4 is 40.7 Å². The number of anilines is 1. The van der Waals surface area contributed by atoms with Crippen LogP contribution in [0, 0.1) is 6.92 Å². The topological polar surface area (TPSA) is 127 Å². The van der Waals surface area contributed by atoms with E-state index in [-0.39, 0.29) is 17.3 Å². The molecule has 0 bridgehead atoms. The first kappa shape index (κ1) is 32.6. The molecule has 1 aliphatic carbocycles. The van der Waals surface area contributed by atoms with E-state index in [0.717, 1.165) is 76.6 Å². The second-order valence-electron chi connectivity index (χ2n) is 14.4. The molecule has 0 fully saturated rings. The van der Waals surface area contributed by atoms with Crippen LogP contribution < -0.4 is 4.90 Å². The molecule has 2 aromatic heterocycles. The number of β-amino-alcohol motifs (C(OH)–C–C–N with tert-alkyl or cyclic N) is 1. The molecule has 2 aromatic carbocycles. The Bertz CT molecular complexity index is 1890. The fourth-order valence-electron chi connectivity index (χ4n) is 6.33. The summed E-state index contributed by atoms with van der Waals surface area (Å²) in [6.07, 6.45) is 3.61. The van der Waals surface area contributed by atoms with Crippen molar-refractivity contribution in [3.8, 4) is 11.4 Å². The molecule has 0 radical (unpaired) electrons. The third-order valence-corrected chi connectivity index (χ3v) is 12.1. The molecule has 4 aromatic rings. The van der Waals surface area contributed by atoms with Gasteiger partial charge in [0.25, 0.3) is 10.1 Å². The van der Waals surface area contributed by atoms with E-state index < -0.39 is 36.3 Å². The maximum Gasteiger partial charge on any atom is 0.297 e. The Labute approximate surface area is 271 Å². The highest BCUT2D eigenvalue weighted by Crippen LogP contribution is 2.46. The third kappa shape index (κ3) is 6.33. The van der Waals surface area contributed by atoms with E-state index in [9.17, 15) is 18.3 Å². The van der Waals surface area contributed by atoms with Gasteiger partial charge in [0.2, 0.25) is 5.91 Å². The van der Waals surface area contributed by atoms with E-state index in [4.69, 9.17) is 14.0 Å². The molecule has 2 aliphatic rings. The minimum absolute atomic E-state index is 0.0205. The van der Waals surface area contributed by atoms with Crippen molar-refractivity contribution in [1.29, 1.82) is 0 Å². The number of fused-ring (bicyclic) bond motifs is 6. The van der Waals surface area contributed by atoms with Crippen LogP contribution in [-0.2, 0) is 48.8 Å². The largest absolute Gasteiger partial charge is 0.389 e.